The molecular formula is C21H21NO4. The van der Waals surface area contributed by atoms with Gasteiger partial charge in [-0.05, 0) is 32.9 Å². The molecular weight excluding hydrogens is 330 g/mol. The van der Waals surface area contributed by atoms with E-state index in [9.17, 15) is 14.4 Å². The highest BCUT2D eigenvalue weighted by molar-refractivity contribution is 6.25. The number of esters is 1. The lowest BCUT2D eigenvalue weighted by atomic mass is 9.85. The first kappa shape index (κ1) is 16.8. The zero-order valence-corrected chi connectivity index (χ0v) is 15.1. The fraction of sp³-hybridized carbons (Fsp3) is 0.381. The number of carbonyl (C=O) groups is 3. The number of carbonyl (C=O) groups excluding carboxylic acids is 3. The highest BCUT2D eigenvalue weighted by Gasteiger charge is 2.62. The van der Waals surface area contributed by atoms with Gasteiger partial charge in [-0.15, -0.1) is 0 Å². The van der Waals surface area contributed by atoms with Crippen molar-refractivity contribution in [1.82, 2.24) is 0 Å². The summed E-state index contributed by atoms with van der Waals surface area (Å²) in [5.74, 6) is -1.70. The quantitative estimate of drug-likeness (QED) is 0.477. The first-order valence-corrected chi connectivity index (χ1v) is 8.97. The van der Waals surface area contributed by atoms with E-state index in [1.807, 2.05) is 13.8 Å². The predicted octanol–water partition coefficient (Wildman–Crippen LogP) is 3.12. The van der Waals surface area contributed by atoms with Crippen molar-refractivity contribution in [3.63, 3.8) is 0 Å². The number of hydrogen-bond acceptors (Lipinski definition) is 4. The summed E-state index contributed by atoms with van der Waals surface area (Å²) in [5, 5.41) is 0. The van der Waals surface area contributed by atoms with Crippen molar-refractivity contribution >= 4 is 23.5 Å². The molecule has 5 heteroatoms. The molecule has 2 aliphatic carbocycles. The maximum atomic E-state index is 13.2. The van der Waals surface area contributed by atoms with Crippen molar-refractivity contribution in [2.24, 2.45) is 23.7 Å². The molecule has 1 heterocycles. The van der Waals surface area contributed by atoms with Crippen molar-refractivity contribution in [2.75, 3.05) is 11.5 Å². The van der Waals surface area contributed by atoms with E-state index in [1.54, 1.807) is 31.2 Å². The summed E-state index contributed by atoms with van der Waals surface area (Å²) >= 11 is 0. The monoisotopic (exact) mass is 351 g/mol. The second-order valence-electron chi connectivity index (χ2n) is 7.19. The second-order valence-corrected chi connectivity index (χ2v) is 7.19. The van der Waals surface area contributed by atoms with Crippen LogP contribution in [0.3, 0.4) is 0 Å². The van der Waals surface area contributed by atoms with E-state index in [0.717, 1.165) is 0 Å². The number of anilines is 1. The van der Waals surface area contributed by atoms with Crippen LogP contribution in [0.5, 0.6) is 0 Å². The average Bonchev–Trinajstić information content (AvgIpc) is 3.25. The molecule has 0 spiro atoms. The number of allylic oxidation sites excluding steroid dienone is 4. The minimum atomic E-state index is -0.521. The van der Waals surface area contributed by atoms with Crippen LogP contribution in [0.2, 0.25) is 0 Å². The third kappa shape index (κ3) is 2.13. The average molecular weight is 351 g/mol. The van der Waals surface area contributed by atoms with Crippen LogP contribution in [0.15, 0.2) is 47.6 Å². The Kier molecular flexibility index (Phi) is 3.83. The molecule has 2 fully saturated rings. The van der Waals surface area contributed by atoms with Crippen molar-refractivity contribution in [3.8, 4) is 0 Å². The second kappa shape index (κ2) is 5.94. The van der Waals surface area contributed by atoms with E-state index in [2.05, 4.69) is 12.2 Å². The molecule has 0 N–H and O–H groups in total. The zero-order valence-electron chi connectivity index (χ0n) is 15.1. The lowest BCUT2D eigenvalue weighted by Gasteiger charge is -2.21. The van der Waals surface area contributed by atoms with Gasteiger partial charge in [0.2, 0.25) is 11.8 Å². The maximum Gasteiger partial charge on any atom is 0.340 e. The largest absolute Gasteiger partial charge is 0.462 e. The number of ether oxygens (including phenoxy) is 1. The standard InChI is InChI=1S/C21H21NO4/c1-4-26-21(25)12-7-5-6-8-15(12)22-19(23)17-13-9-10-14(16(13)11(2)3)18(17)20(22)24/h5-10,13-14,17-18H,4H2,1-3H3/t13-,14+,17-,18-/m0/s1. The van der Waals surface area contributed by atoms with Crippen LogP contribution in [0.4, 0.5) is 5.69 Å². The molecule has 1 saturated heterocycles. The Morgan fingerprint density at radius 2 is 1.62 bits per heavy atom. The van der Waals surface area contributed by atoms with E-state index in [0.29, 0.717) is 5.69 Å². The van der Waals surface area contributed by atoms with Gasteiger partial charge in [0.05, 0.1) is 29.7 Å². The van der Waals surface area contributed by atoms with Gasteiger partial charge >= 0.3 is 5.97 Å². The SMILES string of the molecule is CCOC(=O)c1ccccc1N1C(=O)[C@@H]2[C@@H](C1=O)[C@H]1C=C[C@@H]2C1=C(C)C. The molecule has 1 saturated carbocycles. The molecule has 1 aliphatic heterocycles. The smallest absolute Gasteiger partial charge is 0.340 e. The molecule has 5 nitrogen and oxygen atoms in total. The molecule has 1 aromatic rings. The topological polar surface area (TPSA) is 63.7 Å². The van der Waals surface area contributed by atoms with Crippen LogP contribution < -0.4 is 4.90 Å². The summed E-state index contributed by atoms with van der Waals surface area (Å²) in [7, 11) is 0. The Morgan fingerprint density at radius 1 is 1.04 bits per heavy atom. The van der Waals surface area contributed by atoms with Gasteiger partial charge in [0, 0.05) is 11.8 Å². The number of nitrogens with zero attached hydrogens (tertiary/aromatic N) is 1. The predicted molar refractivity (Wildman–Crippen MR) is 96.4 cm³/mol. The molecule has 2 amide bonds. The fourth-order valence-electron chi connectivity index (χ4n) is 4.72. The molecule has 0 radical (unpaired) electrons. The van der Waals surface area contributed by atoms with E-state index in [1.165, 1.54) is 16.0 Å². The lowest BCUT2D eigenvalue weighted by molar-refractivity contribution is -0.122. The fourth-order valence-corrected chi connectivity index (χ4v) is 4.72. The van der Waals surface area contributed by atoms with Gasteiger partial charge < -0.3 is 4.74 Å². The summed E-state index contributed by atoms with van der Waals surface area (Å²) in [6.07, 6.45) is 4.11. The Morgan fingerprint density at radius 3 is 2.15 bits per heavy atom. The number of rotatable bonds is 3. The van der Waals surface area contributed by atoms with E-state index < -0.39 is 5.97 Å². The minimum Gasteiger partial charge on any atom is -0.462 e. The normalized spacial score (nSPS) is 28.7. The van der Waals surface area contributed by atoms with Gasteiger partial charge in [-0.2, -0.15) is 0 Å². The van der Waals surface area contributed by atoms with Crippen molar-refractivity contribution in [1.29, 1.82) is 0 Å². The summed E-state index contributed by atoms with van der Waals surface area (Å²) in [6.45, 7) is 6.03. The van der Waals surface area contributed by atoms with E-state index >= 15 is 0 Å². The first-order valence-electron chi connectivity index (χ1n) is 8.97. The third-order valence-electron chi connectivity index (χ3n) is 5.63. The Bertz CT molecular complexity index is 844. The summed E-state index contributed by atoms with van der Waals surface area (Å²) in [6, 6.07) is 6.66. The highest BCUT2D eigenvalue weighted by Crippen LogP contribution is 2.57. The van der Waals surface area contributed by atoms with E-state index in [4.69, 9.17) is 4.74 Å². The maximum absolute atomic E-state index is 13.2. The molecule has 134 valence electrons. The summed E-state index contributed by atoms with van der Waals surface area (Å²) in [5.41, 5.74) is 2.96. The number of amides is 2. The minimum absolute atomic E-state index is 0.00814. The molecule has 3 aliphatic rings. The van der Waals surface area contributed by atoms with Gasteiger partial charge in [0.1, 0.15) is 0 Å². The molecule has 4 rings (SSSR count). The van der Waals surface area contributed by atoms with Crippen molar-refractivity contribution < 1.29 is 19.1 Å². The summed E-state index contributed by atoms with van der Waals surface area (Å²) in [4.78, 5) is 39.8. The Hall–Kier alpha value is -2.69. The van der Waals surface area contributed by atoms with Crippen LogP contribution in [0.25, 0.3) is 0 Å². The lowest BCUT2D eigenvalue weighted by Crippen LogP contribution is -2.34. The van der Waals surface area contributed by atoms with Crippen LogP contribution in [0.1, 0.15) is 31.1 Å². The molecule has 0 aromatic heterocycles. The Labute approximate surface area is 152 Å². The van der Waals surface area contributed by atoms with Gasteiger partial charge in [0.25, 0.3) is 0 Å². The molecule has 2 bridgehead atoms. The summed E-state index contributed by atoms with van der Waals surface area (Å²) < 4.78 is 5.09. The van der Waals surface area contributed by atoms with Gasteiger partial charge in [-0.1, -0.05) is 35.4 Å². The van der Waals surface area contributed by atoms with Crippen LogP contribution >= 0.6 is 0 Å². The number of para-hydroxylation sites is 1. The van der Waals surface area contributed by atoms with Crippen LogP contribution in [0, 0.1) is 23.7 Å². The van der Waals surface area contributed by atoms with Crippen molar-refractivity contribution in [3.05, 3.63) is 53.1 Å². The van der Waals surface area contributed by atoms with Gasteiger partial charge in [-0.3, -0.25) is 9.59 Å². The van der Waals surface area contributed by atoms with Gasteiger partial charge in [-0.25, -0.2) is 9.69 Å². The number of benzene rings is 1. The first-order chi connectivity index (χ1) is 12.5. The van der Waals surface area contributed by atoms with Gasteiger partial charge in [0.15, 0.2) is 0 Å². The van der Waals surface area contributed by atoms with Crippen LogP contribution in [-0.4, -0.2) is 24.4 Å². The number of imide groups is 1. The molecule has 26 heavy (non-hydrogen) atoms. The number of fused-ring (bicyclic) bond motifs is 5. The van der Waals surface area contributed by atoms with Crippen molar-refractivity contribution in [2.45, 2.75) is 20.8 Å². The number of hydrogen-bond donors (Lipinski definition) is 0. The molecule has 1 aromatic carbocycles. The highest BCUT2D eigenvalue weighted by atomic mass is 16.5. The third-order valence-corrected chi connectivity index (χ3v) is 5.63. The Balaban J connectivity index is 1.75. The zero-order chi connectivity index (χ0) is 18.6. The van der Waals surface area contributed by atoms with Crippen LogP contribution in [-0.2, 0) is 14.3 Å². The molecule has 4 atom stereocenters. The van der Waals surface area contributed by atoms with E-state index in [-0.39, 0.29) is 47.7 Å². The molecule has 0 unspecified atom stereocenters.